The maximum atomic E-state index is 12.6. The van der Waals surface area contributed by atoms with Crippen LogP contribution in [0.15, 0.2) is 46.3 Å². The van der Waals surface area contributed by atoms with Gasteiger partial charge in [0.2, 0.25) is 0 Å². The number of methoxy groups -OCH3 is 1. The van der Waals surface area contributed by atoms with Gasteiger partial charge < -0.3 is 10.1 Å². The second-order valence-electron chi connectivity index (χ2n) is 5.28. The summed E-state index contributed by atoms with van der Waals surface area (Å²) in [4.78, 5) is 18.4. The number of halogens is 1. The van der Waals surface area contributed by atoms with Crippen molar-refractivity contribution in [3.8, 4) is 10.6 Å². The number of ether oxygens (including phenoxy) is 1. The molecule has 0 saturated carbocycles. The molecule has 3 rings (SSSR count). The molecular formula is C18H17BrN2O2S. The second-order valence-corrected chi connectivity index (χ2v) is 7.74. The lowest BCUT2D eigenvalue weighted by atomic mass is 10.1. The highest BCUT2D eigenvalue weighted by molar-refractivity contribution is 9.11. The molecule has 0 saturated heterocycles. The van der Waals surface area contributed by atoms with Crippen LogP contribution in [-0.4, -0.2) is 31.2 Å². The third-order valence-electron chi connectivity index (χ3n) is 3.60. The normalized spacial score (nSPS) is 10.9. The van der Waals surface area contributed by atoms with E-state index in [1.807, 2.05) is 42.5 Å². The summed E-state index contributed by atoms with van der Waals surface area (Å²) in [5.41, 5.74) is 2.28. The number of pyridine rings is 1. The molecule has 0 radical (unpaired) electrons. The Kier molecular flexibility index (Phi) is 5.60. The van der Waals surface area contributed by atoms with Gasteiger partial charge in [0, 0.05) is 25.6 Å². The van der Waals surface area contributed by atoms with Crippen molar-refractivity contribution in [3.05, 3.63) is 51.8 Å². The molecule has 0 atom stereocenters. The molecule has 0 unspecified atom stereocenters. The van der Waals surface area contributed by atoms with Crippen LogP contribution in [0, 0.1) is 0 Å². The van der Waals surface area contributed by atoms with Crippen LogP contribution in [0.25, 0.3) is 21.5 Å². The number of hydrogen-bond acceptors (Lipinski definition) is 4. The number of nitrogens with one attached hydrogen (secondary N) is 1. The van der Waals surface area contributed by atoms with E-state index >= 15 is 0 Å². The minimum atomic E-state index is -0.0819. The fourth-order valence-corrected chi connectivity index (χ4v) is 3.80. The smallest absolute Gasteiger partial charge is 0.252 e. The van der Waals surface area contributed by atoms with E-state index in [1.165, 1.54) is 0 Å². The van der Waals surface area contributed by atoms with E-state index in [1.54, 1.807) is 18.4 Å². The van der Waals surface area contributed by atoms with Gasteiger partial charge in [0.1, 0.15) is 0 Å². The minimum absolute atomic E-state index is 0.0819. The van der Waals surface area contributed by atoms with Crippen molar-refractivity contribution in [3.63, 3.8) is 0 Å². The number of rotatable bonds is 6. The first-order valence-corrected chi connectivity index (χ1v) is 9.22. The van der Waals surface area contributed by atoms with Crippen LogP contribution >= 0.6 is 27.3 Å². The highest BCUT2D eigenvalue weighted by Crippen LogP contribution is 2.32. The number of hydrogen-bond donors (Lipinski definition) is 1. The Hall–Kier alpha value is -1.76. The first-order chi connectivity index (χ1) is 11.7. The molecule has 124 valence electrons. The van der Waals surface area contributed by atoms with Gasteiger partial charge in [-0.2, -0.15) is 0 Å². The third-order valence-corrected chi connectivity index (χ3v) is 5.24. The zero-order chi connectivity index (χ0) is 16.9. The number of para-hydroxylation sites is 1. The SMILES string of the molecule is COCCCNC(=O)c1cc(-c2ccc(Br)s2)nc2ccccc12. The van der Waals surface area contributed by atoms with E-state index in [4.69, 9.17) is 9.72 Å². The average Bonchev–Trinajstić information content (AvgIpc) is 3.04. The van der Waals surface area contributed by atoms with Gasteiger partial charge in [0.15, 0.2) is 0 Å². The number of nitrogens with zero attached hydrogens (tertiary/aromatic N) is 1. The van der Waals surface area contributed by atoms with Crippen molar-refractivity contribution < 1.29 is 9.53 Å². The zero-order valence-electron chi connectivity index (χ0n) is 13.2. The number of aromatic nitrogens is 1. The summed E-state index contributed by atoms with van der Waals surface area (Å²) >= 11 is 5.08. The molecule has 0 bridgehead atoms. The highest BCUT2D eigenvalue weighted by Gasteiger charge is 2.14. The van der Waals surface area contributed by atoms with Crippen LogP contribution in [0.5, 0.6) is 0 Å². The Bertz CT molecular complexity index is 863. The quantitative estimate of drug-likeness (QED) is 0.615. The molecular weight excluding hydrogens is 388 g/mol. The molecule has 0 aliphatic heterocycles. The van der Waals surface area contributed by atoms with Crippen molar-refractivity contribution in [2.75, 3.05) is 20.3 Å². The fraction of sp³-hybridized carbons (Fsp3) is 0.222. The van der Waals surface area contributed by atoms with Crippen LogP contribution in [0.1, 0.15) is 16.8 Å². The van der Waals surface area contributed by atoms with Gasteiger partial charge in [-0.3, -0.25) is 4.79 Å². The van der Waals surface area contributed by atoms with Gasteiger partial charge in [-0.15, -0.1) is 11.3 Å². The lowest BCUT2D eigenvalue weighted by Crippen LogP contribution is -2.25. The van der Waals surface area contributed by atoms with Crippen LogP contribution in [-0.2, 0) is 4.74 Å². The Morgan fingerprint density at radius 1 is 1.29 bits per heavy atom. The molecule has 0 aliphatic carbocycles. The van der Waals surface area contributed by atoms with Crippen molar-refractivity contribution in [2.24, 2.45) is 0 Å². The van der Waals surface area contributed by atoms with Crippen LogP contribution < -0.4 is 5.32 Å². The summed E-state index contributed by atoms with van der Waals surface area (Å²) in [7, 11) is 1.66. The summed E-state index contributed by atoms with van der Waals surface area (Å²) in [5.74, 6) is -0.0819. The second kappa shape index (κ2) is 7.88. The predicted molar refractivity (Wildman–Crippen MR) is 102 cm³/mol. The molecule has 2 heterocycles. The van der Waals surface area contributed by atoms with E-state index in [0.717, 1.165) is 31.7 Å². The summed E-state index contributed by atoms with van der Waals surface area (Å²) < 4.78 is 6.05. The van der Waals surface area contributed by atoms with Crippen molar-refractivity contribution in [2.45, 2.75) is 6.42 Å². The lowest BCUT2D eigenvalue weighted by molar-refractivity contribution is 0.0950. The number of amides is 1. The molecule has 0 spiro atoms. The monoisotopic (exact) mass is 404 g/mol. The Balaban J connectivity index is 1.97. The van der Waals surface area contributed by atoms with Crippen LogP contribution in [0.3, 0.4) is 0 Å². The van der Waals surface area contributed by atoms with E-state index in [-0.39, 0.29) is 5.91 Å². The van der Waals surface area contributed by atoms with E-state index in [0.29, 0.717) is 18.7 Å². The topological polar surface area (TPSA) is 51.2 Å². The van der Waals surface area contributed by atoms with E-state index < -0.39 is 0 Å². The summed E-state index contributed by atoms with van der Waals surface area (Å²) in [5, 5.41) is 3.82. The Labute approximate surface area is 153 Å². The van der Waals surface area contributed by atoms with E-state index in [2.05, 4.69) is 21.2 Å². The van der Waals surface area contributed by atoms with Gasteiger partial charge in [-0.05, 0) is 46.6 Å². The molecule has 1 aromatic carbocycles. The first kappa shape index (κ1) is 17.1. The van der Waals surface area contributed by atoms with Gasteiger partial charge in [-0.25, -0.2) is 4.98 Å². The zero-order valence-corrected chi connectivity index (χ0v) is 15.6. The molecule has 6 heteroatoms. The summed E-state index contributed by atoms with van der Waals surface area (Å²) in [6.07, 6.45) is 0.788. The maximum absolute atomic E-state index is 12.6. The molecule has 0 fully saturated rings. The molecule has 4 nitrogen and oxygen atoms in total. The van der Waals surface area contributed by atoms with Gasteiger partial charge in [0.05, 0.1) is 25.4 Å². The molecule has 1 N–H and O–H groups in total. The Morgan fingerprint density at radius 3 is 2.88 bits per heavy atom. The molecule has 1 amide bonds. The van der Waals surface area contributed by atoms with Gasteiger partial charge in [-0.1, -0.05) is 18.2 Å². The minimum Gasteiger partial charge on any atom is -0.385 e. The van der Waals surface area contributed by atoms with Crippen LogP contribution in [0.4, 0.5) is 0 Å². The maximum Gasteiger partial charge on any atom is 0.252 e. The standard InChI is InChI=1S/C18H17BrN2O2S/c1-23-10-4-9-20-18(22)13-11-15(16-7-8-17(19)24-16)21-14-6-3-2-5-12(13)14/h2-3,5-8,11H,4,9-10H2,1H3,(H,20,22). The number of carbonyl (C=O) groups is 1. The molecule has 3 aromatic rings. The predicted octanol–water partition coefficient (Wildman–Crippen LogP) is 4.49. The van der Waals surface area contributed by atoms with Crippen molar-refractivity contribution >= 4 is 44.1 Å². The fourth-order valence-electron chi connectivity index (χ4n) is 2.46. The van der Waals surface area contributed by atoms with Gasteiger partial charge >= 0.3 is 0 Å². The molecule has 24 heavy (non-hydrogen) atoms. The van der Waals surface area contributed by atoms with Crippen LogP contribution in [0.2, 0.25) is 0 Å². The lowest BCUT2D eigenvalue weighted by Gasteiger charge is -2.10. The largest absolute Gasteiger partial charge is 0.385 e. The van der Waals surface area contributed by atoms with Crippen molar-refractivity contribution in [1.82, 2.24) is 10.3 Å². The molecule has 2 aromatic heterocycles. The third kappa shape index (κ3) is 3.83. The summed E-state index contributed by atoms with van der Waals surface area (Å²) in [6, 6.07) is 13.6. The Morgan fingerprint density at radius 2 is 2.12 bits per heavy atom. The number of carbonyl (C=O) groups excluding carboxylic acids is 1. The number of benzene rings is 1. The average molecular weight is 405 g/mol. The first-order valence-electron chi connectivity index (χ1n) is 7.61. The highest BCUT2D eigenvalue weighted by atomic mass is 79.9. The summed E-state index contributed by atoms with van der Waals surface area (Å²) in [6.45, 7) is 1.22. The van der Waals surface area contributed by atoms with E-state index in [9.17, 15) is 4.79 Å². The number of thiophene rings is 1. The molecule has 0 aliphatic rings. The van der Waals surface area contributed by atoms with Crippen molar-refractivity contribution in [1.29, 1.82) is 0 Å². The van der Waals surface area contributed by atoms with Gasteiger partial charge in [0.25, 0.3) is 5.91 Å². The number of fused-ring (bicyclic) bond motifs is 1.